The molecule has 0 saturated carbocycles. The Morgan fingerprint density at radius 1 is 0.957 bits per heavy atom. The van der Waals surface area contributed by atoms with E-state index in [0.717, 1.165) is 17.5 Å². The molecule has 0 aliphatic rings. The van der Waals surface area contributed by atoms with Crippen LogP contribution in [0.1, 0.15) is 42.9 Å². The third-order valence-electron chi connectivity index (χ3n) is 3.48. The number of halogens is 2. The highest BCUT2D eigenvalue weighted by molar-refractivity contribution is 6.35. The number of unbranched alkanes of at least 4 members (excludes halogenated alkanes) is 2. The summed E-state index contributed by atoms with van der Waals surface area (Å²) in [5.74, 6) is 0.455. The van der Waals surface area contributed by atoms with Gasteiger partial charge in [-0.3, -0.25) is 0 Å². The van der Waals surface area contributed by atoms with Gasteiger partial charge < -0.3 is 10.2 Å². The number of benzene rings is 2. The minimum absolute atomic E-state index is 0.0456. The highest BCUT2D eigenvalue weighted by Crippen LogP contribution is 2.21. The van der Waals surface area contributed by atoms with E-state index in [-0.39, 0.29) is 6.61 Å². The van der Waals surface area contributed by atoms with Crippen molar-refractivity contribution in [2.24, 2.45) is 0 Å². The standard InChI is InChI=1S/C12H18O.C7H6Cl2O/c1-3-4-5-6-11-8-7-10(2)9-12(11)13;8-6-2-1-5(4-10)7(9)3-6/h7-9,13H,3-6H2,1-2H3;1-3,10H,4H2. The first-order valence-electron chi connectivity index (χ1n) is 7.81. The fraction of sp³-hybridized carbons (Fsp3) is 0.368. The van der Waals surface area contributed by atoms with Gasteiger partial charge in [-0.05, 0) is 54.7 Å². The maximum atomic E-state index is 9.59. The second-order valence-corrected chi connectivity index (χ2v) is 6.33. The Morgan fingerprint density at radius 3 is 2.22 bits per heavy atom. The first-order chi connectivity index (χ1) is 11.0. The molecule has 0 atom stereocenters. The molecule has 0 unspecified atom stereocenters. The van der Waals surface area contributed by atoms with E-state index in [1.54, 1.807) is 18.2 Å². The fourth-order valence-electron chi connectivity index (χ4n) is 2.10. The predicted octanol–water partition coefficient (Wildman–Crippen LogP) is 5.92. The van der Waals surface area contributed by atoms with Crippen LogP contribution in [0.2, 0.25) is 10.0 Å². The zero-order valence-electron chi connectivity index (χ0n) is 13.6. The third-order valence-corrected chi connectivity index (χ3v) is 4.06. The summed E-state index contributed by atoms with van der Waals surface area (Å²) in [7, 11) is 0. The second kappa shape index (κ2) is 10.5. The van der Waals surface area contributed by atoms with E-state index < -0.39 is 0 Å². The van der Waals surface area contributed by atoms with Gasteiger partial charge in [-0.25, -0.2) is 0 Å². The van der Waals surface area contributed by atoms with Crippen LogP contribution >= 0.6 is 23.2 Å². The lowest BCUT2D eigenvalue weighted by atomic mass is 10.0. The smallest absolute Gasteiger partial charge is 0.119 e. The van der Waals surface area contributed by atoms with Crippen LogP contribution in [-0.2, 0) is 13.0 Å². The van der Waals surface area contributed by atoms with Crippen LogP contribution < -0.4 is 0 Å². The van der Waals surface area contributed by atoms with Crippen molar-refractivity contribution in [2.45, 2.75) is 46.1 Å². The molecular weight excluding hydrogens is 331 g/mol. The molecule has 2 N–H and O–H groups in total. The van der Waals surface area contributed by atoms with Gasteiger partial charge in [-0.2, -0.15) is 0 Å². The molecule has 0 saturated heterocycles. The summed E-state index contributed by atoms with van der Waals surface area (Å²) in [6, 6.07) is 10.9. The lowest BCUT2D eigenvalue weighted by Gasteiger charge is -2.04. The van der Waals surface area contributed by atoms with Gasteiger partial charge in [-0.1, -0.05) is 61.2 Å². The number of aromatic hydroxyl groups is 1. The lowest BCUT2D eigenvalue weighted by molar-refractivity contribution is 0.282. The summed E-state index contributed by atoms with van der Waals surface area (Å²) >= 11 is 11.3. The zero-order valence-corrected chi connectivity index (χ0v) is 15.2. The molecule has 0 bridgehead atoms. The highest BCUT2D eigenvalue weighted by Gasteiger charge is 2.00. The van der Waals surface area contributed by atoms with E-state index in [2.05, 4.69) is 13.0 Å². The summed E-state index contributed by atoms with van der Waals surface area (Å²) in [6.07, 6.45) is 4.65. The Balaban J connectivity index is 0.000000238. The van der Waals surface area contributed by atoms with E-state index in [4.69, 9.17) is 28.3 Å². The second-order valence-electron chi connectivity index (χ2n) is 5.48. The Kier molecular flexibility index (Phi) is 9.08. The molecule has 0 spiro atoms. The minimum atomic E-state index is -0.0456. The number of phenolic OH excluding ortho intramolecular Hbond substituents is 1. The summed E-state index contributed by atoms with van der Waals surface area (Å²) in [4.78, 5) is 0. The van der Waals surface area contributed by atoms with Gasteiger partial charge in [0, 0.05) is 10.0 Å². The number of aliphatic hydroxyl groups is 1. The average molecular weight is 355 g/mol. The van der Waals surface area contributed by atoms with Crippen LogP contribution in [0.5, 0.6) is 5.75 Å². The SMILES string of the molecule is CCCCCc1ccc(C)cc1O.OCc1ccc(Cl)cc1Cl. The minimum Gasteiger partial charge on any atom is -0.508 e. The van der Waals surface area contributed by atoms with Gasteiger partial charge in [0.05, 0.1) is 6.61 Å². The van der Waals surface area contributed by atoms with Crippen LogP contribution in [0.3, 0.4) is 0 Å². The van der Waals surface area contributed by atoms with Crippen molar-refractivity contribution in [3.05, 3.63) is 63.1 Å². The van der Waals surface area contributed by atoms with Crippen LogP contribution in [0, 0.1) is 6.92 Å². The molecule has 2 aromatic rings. The molecule has 2 nitrogen and oxygen atoms in total. The van der Waals surface area contributed by atoms with Crippen LogP contribution in [0.4, 0.5) is 0 Å². The Labute approximate surface area is 148 Å². The lowest BCUT2D eigenvalue weighted by Crippen LogP contribution is -1.86. The van der Waals surface area contributed by atoms with Crippen molar-refractivity contribution >= 4 is 23.2 Å². The summed E-state index contributed by atoms with van der Waals surface area (Å²) in [6.45, 7) is 4.14. The normalized spacial score (nSPS) is 10.1. The maximum Gasteiger partial charge on any atom is 0.119 e. The van der Waals surface area contributed by atoms with Crippen molar-refractivity contribution in [3.8, 4) is 5.75 Å². The number of hydrogen-bond acceptors (Lipinski definition) is 2. The van der Waals surface area contributed by atoms with Gasteiger partial charge in [0.15, 0.2) is 0 Å². The predicted molar refractivity (Wildman–Crippen MR) is 98.5 cm³/mol. The van der Waals surface area contributed by atoms with Crippen molar-refractivity contribution in [1.29, 1.82) is 0 Å². The van der Waals surface area contributed by atoms with Crippen molar-refractivity contribution in [1.82, 2.24) is 0 Å². The van der Waals surface area contributed by atoms with E-state index in [1.807, 2.05) is 19.1 Å². The van der Waals surface area contributed by atoms with Gasteiger partial charge in [-0.15, -0.1) is 0 Å². The topological polar surface area (TPSA) is 40.5 Å². The summed E-state index contributed by atoms with van der Waals surface area (Å²) < 4.78 is 0. The average Bonchev–Trinajstić information content (AvgIpc) is 2.50. The van der Waals surface area contributed by atoms with E-state index in [0.29, 0.717) is 21.4 Å². The van der Waals surface area contributed by atoms with Crippen LogP contribution in [0.15, 0.2) is 36.4 Å². The van der Waals surface area contributed by atoms with Crippen molar-refractivity contribution in [2.75, 3.05) is 0 Å². The number of aliphatic hydroxyl groups excluding tert-OH is 1. The maximum absolute atomic E-state index is 9.59. The van der Waals surface area contributed by atoms with E-state index in [1.165, 1.54) is 19.3 Å². The molecule has 0 aliphatic carbocycles. The Morgan fingerprint density at radius 2 is 1.65 bits per heavy atom. The molecular formula is C19H24Cl2O2. The summed E-state index contributed by atoms with van der Waals surface area (Å²) in [5.41, 5.74) is 2.90. The van der Waals surface area contributed by atoms with Gasteiger partial charge >= 0.3 is 0 Å². The van der Waals surface area contributed by atoms with E-state index >= 15 is 0 Å². The van der Waals surface area contributed by atoms with Crippen molar-refractivity contribution in [3.63, 3.8) is 0 Å². The molecule has 126 valence electrons. The molecule has 2 aromatic carbocycles. The zero-order chi connectivity index (χ0) is 17.2. The molecule has 0 aliphatic heterocycles. The molecule has 0 heterocycles. The number of rotatable bonds is 5. The van der Waals surface area contributed by atoms with Gasteiger partial charge in [0.1, 0.15) is 5.75 Å². The molecule has 2 rings (SSSR count). The summed E-state index contributed by atoms with van der Waals surface area (Å²) in [5, 5.41) is 19.4. The van der Waals surface area contributed by atoms with Gasteiger partial charge in [0.25, 0.3) is 0 Å². The number of aryl methyl sites for hydroxylation is 2. The molecule has 0 aromatic heterocycles. The van der Waals surface area contributed by atoms with Crippen molar-refractivity contribution < 1.29 is 10.2 Å². The molecule has 0 fully saturated rings. The monoisotopic (exact) mass is 354 g/mol. The van der Waals surface area contributed by atoms with Crippen LogP contribution in [-0.4, -0.2) is 10.2 Å². The van der Waals surface area contributed by atoms with E-state index in [9.17, 15) is 5.11 Å². The Bertz CT molecular complexity index is 612. The number of phenols is 1. The Hall–Kier alpha value is -1.22. The third kappa shape index (κ3) is 7.26. The first kappa shape index (κ1) is 19.8. The fourth-order valence-corrected chi connectivity index (χ4v) is 2.57. The van der Waals surface area contributed by atoms with Crippen LogP contribution in [0.25, 0.3) is 0 Å². The molecule has 0 amide bonds. The molecule has 4 heteroatoms. The number of hydrogen-bond donors (Lipinski definition) is 2. The quantitative estimate of drug-likeness (QED) is 0.654. The molecule has 23 heavy (non-hydrogen) atoms. The highest BCUT2D eigenvalue weighted by atomic mass is 35.5. The van der Waals surface area contributed by atoms with Gasteiger partial charge in [0.2, 0.25) is 0 Å². The largest absolute Gasteiger partial charge is 0.508 e. The first-order valence-corrected chi connectivity index (χ1v) is 8.56. The molecule has 0 radical (unpaired) electrons.